The van der Waals surface area contributed by atoms with E-state index in [4.69, 9.17) is 4.42 Å². The number of hydrogen-bond acceptors (Lipinski definition) is 5. The smallest absolute Gasteiger partial charge is 0.322 e. The van der Waals surface area contributed by atoms with Crippen LogP contribution in [0, 0.1) is 0 Å². The molecule has 2 N–H and O–H groups in total. The lowest BCUT2D eigenvalue weighted by atomic mass is 10.2. The third-order valence-corrected chi connectivity index (χ3v) is 4.93. The molecule has 0 radical (unpaired) electrons. The van der Waals surface area contributed by atoms with Crippen LogP contribution in [0.5, 0.6) is 0 Å². The summed E-state index contributed by atoms with van der Waals surface area (Å²) < 4.78 is 5.64. The maximum Gasteiger partial charge on any atom is 0.322 e. The zero-order chi connectivity index (χ0) is 18.8. The normalized spacial score (nSPS) is 11.2. The van der Waals surface area contributed by atoms with Crippen LogP contribution in [0.15, 0.2) is 64.0 Å². The first-order valence-electron chi connectivity index (χ1n) is 8.58. The van der Waals surface area contributed by atoms with Crippen molar-refractivity contribution in [1.29, 1.82) is 0 Å². The Morgan fingerprint density at radius 3 is 2.85 bits per heavy atom. The van der Waals surface area contributed by atoms with Crippen LogP contribution in [-0.2, 0) is 0 Å². The summed E-state index contributed by atoms with van der Waals surface area (Å²) in [6, 6.07) is 15.6. The van der Waals surface area contributed by atoms with E-state index >= 15 is 0 Å². The Labute approximate surface area is 160 Å². The van der Waals surface area contributed by atoms with Crippen molar-refractivity contribution in [3.8, 4) is 11.5 Å². The van der Waals surface area contributed by atoms with Gasteiger partial charge in [0.25, 0.3) is 5.91 Å². The van der Waals surface area contributed by atoms with E-state index < -0.39 is 0 Å². The van der Waals surface area contributed by atoms with Crippen molar-refractivity contribution in [3.63, 3.8) is 0 Å². The molecule has 0 saturated heterocycles. The van der Waals surface area contributed by atoms with Crippen molar-refractivity contribution >= 4 is 34.6 Å². The number of fused-ring (bicyclic) bond motifs is 1. The Balaban J connectivity index is 1.54. The van der Waals surface area contributed by atoms with E-state index in [9.17, 15) is 4.79 Å². The highest BCUT2D eigenvalue weighted by Gasteiger charge is 2.16. The monoisotopic (exact) mass is 378 g/mol. The highest BCUT2D eigenvalue weighted by molar-refractivity contribution is 7.99. The Bertz CT molecular complexity index is 1100. The van der Waals surface area contributed by atoms with Gasteiger partial charge in [0.05, 0.1) is 5.56 Å². The number of hydrogen-bond donors (Lipinski definition) is 2. The van der Waals surface area contributed by atoms with Gasteiger partial charge in [-0.25, -0.2) is 0 Å². The predicted molar refractivity (Wildman–Crippen MR) is 107 cm³/mol. The van der Waals surface area contributed by atoms with Gasteiger partial charge in [-0.3, -0.25) is 10.1 Å². The van der Waals surface area contributed by atoms with E-state index in [0.717, 1.165) is 21.4 Å². The standard InChI is InChI=1S/C20H18N4O2S/c1-12(2)27-14-7-5-6-13(10-14)19-23-24-20(26-19)22-18(25)16-11-21-17-9-4-3-8-15(16)17/h3-12,21H,1-2H3,(H,22,24,25). The SMILES string of the molecule is CC(C)Sc1cccc(-c2nnc(NC(=O)c3c[nH]c4ccccc34)o2)c1. The lowest BCUT2D eigenvalue weighted by molar-refractivity contribution is 0.102. The van der Waals surface area contributed by atoms with Crippen molar-refractivity contribution in [3.05, 3.63) is 60.3 Å². The number of H-pyrrole nitrogens is 1. The quantitative estimate of drug-likeness (QED) is 0.479. The van der Waals surface area contributed by atoms with Crippen LogP contribution in [0.1, 0.15) is 24.2 Å². The van der Waals surface area contributed by atoms with E-state index in [2.05, 4.69) is 34.3 Å². The number of nitrogens with one attached hydrogen (secondary N) is 2. The molecule has 0 atom stereocenters. The first-order valence-corrected chi connectivity index (χ1v) is 9.46. The van der Waals surface area contributed by atoms with Crippen molar-refractivity contribution in [2.45, 2.75) is 24.0 Å². The molecule has 27 heavy (non-hydrogen) atoms. The molecule has 0 fully saturated rings. The Kier molecular flexibility index (Phi) is 4.68. The number of aromatic amines is 1. The molecule has 0 aliphatic carbocycles. The molecule has 4 rings (SSSR count). The molecule has 0 bridgehead atoms. The zero-order valence-electron chi connectivity index (χ0n) is 14.9. The first kappa shape index (κ1) is 17.4. The van der Waals surface area contributed by atoms with Gasteiger partial charge in [-0.15, -0.1) is 16.9 Å². The van der Waals surface area contributed by atoms with Crippen LogP contribution in [0.3, 0.4) is 0 Å². The number of rotatable bonds is 5. The van der Waals surface area contributed by atoms with E-state index in [1.807, 2.05) is 48.5 Å². The van der Waals surface area contributed by atoms with Gasteiger partial charge in [0.2, 0.25) is 5.89 Å². The molecule has 7 heteroatoms. The van der Waals surface area contributed by atoms with Crippen molar-refractivity contribution in [1.82, 2.24) is 15.2 Å². The molecular weight excluding hydrogens is 360 g/mol. The topological polar surface area (TPSA) is 83.8 Å². The van der Waals surface area contributed by atoms with Gasteiger partial charge in [0.1, 0.15) is 0 Å². The molecule has 0 spiro atoms. The number of carbonyl (C=O) groups is 1. The summed E-state index contributed by atoms with van der Waals surface area (Å²) in [4.78, 5) is 16.8. The van der Waals surface area contributed by atoms with E-state index in [-0.39, 0.29) is 11.9 Å². The Hall–Kier alpha value is -3.06. The van der Waals surface area contributed by atoms with Gasteiger partial charge >= 0.3 is 6.01 Å². The Morgan fingerprint density at radius 1 is 1.15 bits per heavy atom. The molecule has 6 nitrogen and oxygen atoms in total. The average Bonchev–Trinajstić information content (AvgIpc) is 3.28. The average molecular weight is 378 g/mol. The fraction of sp³-hybridized carbons (Fsp3) is 0.150. The largest absolute Gasteiger partial charge is 0.403 e. The number of aromatic nitrogens is 3. The molecule has 136 valence electrons. The maximum absolute atomic E-state index is 12.5. The van der Waals surface area contributed by atoms with Crippen LogP contribution < -0.4 is 5.32 Å². The molecule has 0 saturated carbocycles. The fourth-order valence-electron chi connectivity index (χ4n) is 2.79. The molecule has 2 heterocycles. The zero-order valence-corrected chi connectivity index (χ0v) is 15.7. The minimum atomic E-state index is -0.299. The summed E-state index contributed by atoms with van der Waals surface area (Å²) in [6.45, 7) is 4.28. The van der Waals surface area contributed by atoms with Gasteiger partial charge in [-0.05, 0) is 24.3 Å². The highest BCUT2D eigenvalue weighted by atomic mass is 32.2. The lowest BCUT2D eigenvalue weighted by Crippen LogP contribution is -2.11. The predicted octanol–water partition coefficient (Wildman–Crippen LogP) is 4.97. The number of carbonyl (C=O) groups excluding carboxylic acids is 1. The highest BCUT2D eigenvalue weighted by Crippen LogP contribution is 2.28. The number of amides is 1. The summed E-state index contributed by atoms with van der Waals surface area (Å²) in [5.74, 6) is 0.0715. The second-order valence-corrected chi connectivity index (χ2v) is 7.96. The molecule has 2 aromatic heterocycles. The summed E-state index contributed by atoms with van der Waals surface area (Å²) in [5.41, 5.74) is 2.25. The van der Waals surface area contributed by atoms with Gasteiger partial charge in [0.15, 0.2) is 0 Å². The minimum absolute atomic E-state index is 0.0715. The molecule has 0 aliphatic heterocycles. The number of nitrogens with zero attached hydrogens (tertiary/aromatic N) is 2. The van der Waals surface area contributed by atoms with Crippen LogP contribution in [0.25, 0.3) is 22.4 Å². The summed E-state index contributed by atoms with van der Waals surface area (Å²) in [5, 5.41) is 12.0. The molecular formula is C20H18N4O2S. The summed E-state index contributed by atoms with van der Waals surface area (Å²) >= 11 is 1.76. The summed E-state index contributed by atoms with van der Waals surface area (Å²) in [7, 11) is 0. The van der Waals surface area contributed by atoms with Crippen LogP contribution in [0.4, 0.5) is 6.01 Å². The second kappa shape index (κ2) is 7.28. The molecule has 4 aromatic rings. The van der Waals surface area contributed by atoms with Crippen molar-refractivity contribution in [2.75, 3.05) is 5.32 Å². The number of anilines is 1. The van der Waals surface area contributed by atoms with E-state index in [0.29, 0.717) is 16.7 Å². The van der Waals surface area contributed by atoms with Crippen molar-refractivity contribution in [2.24, 2.45) is 0 Å². The number of thioether (sulfide) groups is 1. The molecule has 0 unspecified atom stereocenters. The lowest BCUT2D eigenvalue weighted by Gasteiger charge is -2.05. The van der Waals surface area contributed by atoms with E-state index in [1.54, 1.807) is 18.0 Å². The van der Waals surface area contributed by atoms with Crippen LogP contribution >= 0.6 is 11.8 Å². The molecule has 2 aromatic carbocycles. The van der Waals surface area contributed by atoms with Gasteiger partial charge in [-0.2, -0.15) is 0 Å². The third kappa shape index (κ3) is 3.73. The number of benzene rings is 2. The van der Waals surface area contributed by atoms with Crippen LogP contribution in [-0.4, -0.2) is 26.3 Å². The van der Waals surface area contributed by atoms with Gasteiger partial charge in [0, 0.05) is 32.8 Å². The second-order valence-electron chi connectivity index (χ2n) is 6.31. The fourth-order valence-corrected chi connectivity index (χ4v) is 3.69. The molecule has 1 amide bonds. The van der Waals surface area contributed by atoms with Crippen molar-refractivity contribution < 1.29 is 9.21 Å². The van der Waals surface area contributed by atoms with Gasteiger partial charge in [-0.1, -0.05) is 43.2 Å². The maximum atomic E-state index is 12.5. The van der Waals surface area contributed by atoms with E-state index in [1.165, 1.54) is 0 Å². The first-order chi connectivity index (χ1) is 13.1. The Morgan fingerprint density at radius 2 is 2.00 bits per heavy atom. The minimum Gasteiger partial charge on any atom is -0.403 e. The molecule has 0 aliphatic rings. The number of para-hydroxylation sites is 1. The summed E-state index contributed by atoms with van der Waals surface area (Å²) in [6.07, 6.45) is 1.67. The third-order valence-electron chi connectivity index (χ3n) is 3.93. The van der Waals surface area contributed by atoms with Gasteiger partial charge < -0.3 is 9.40 Å². The van der Waals surface area contributed by atoms with Crippen LogP contribution in [0.2, 0.25) is 0 Å².